The van der Waals surface area contributed by atoms with Gasteiger partial charge in [-0.2, -0.15) is 0 Å². The first-order valence-electron chi connectivity index (χ1n) is 6.55. The van der Waals surface area contributed by atoms with Crippen LogP contribution in [0.3, 0.4) is 0 Å². The van der Waals surface area contributed by atoms with Crippen molar-refractivity contribution in [3.63, 3.8) is 0 Å². The lowest BCUT2D eigenvalue weighted by atomic mass is 9.98. The highest BCUT2D eigenvalue weighted by atomic mass is 19.1. The summed E-state index contributed by atoms with van der Waals surface area (Å²) in [5.41, 5.74) is 0.893. The Morgan fingerprint density at radius 2 is 2.05 bits per heavy atom. The van der Waals surface area contributed by atoms with Crippen molar-refractivity contribution < 1.29 is 14.2 Å². The highest BCUT2D eigenvalue weighted by Crippen LogP contribution is 2.20. The van der Waals surface area contributed by atoms with Crippen molar-refractivity contribution in [1.82, 2.24) is 4.90 Å². The van der Waals surface area contributed by atoms with Crippen LogP contribution in [0.25, 0.3) is 0 Å². The van der Waals surface area contributed by atoms with Crippen molar-refractivity contribution >= 4 is 0 Å². The number of benzene rings is 1. The molecule has 108 valence electrons. The van der Waals surface area contributed by atoms with Gasteiger partial charge in [0.05, 0.1) is 7.11 Å². The third-order valence-electron chi connectivity index (χ3n) is 3.71. The Morgan fingerprint density at radius 1 is 1.37 bits per heavy atom. The molecule has 0 aliphatic heterocycles. The van der Waals surface area contributed by atoms with Crippen molar-refractivity contribution in [2.75, 3.05) is 27.3 Å². The van der Waals surface area contributed by atoms with Gasteiger partial charge in [-0.15, -0.1) is 0 Å². The molecule has 0 atom stereocenters. The molecule has 0 fully saturated rings. The van der Waals surface area contributed by atoms with Gasteiger partial charge in [-0.3, -0.25) is 0 Å². The van der Waals surface area contributed by atoms with Crippen LogP contribution < -0.4 is 4.74 Å². The van der Waals surface area contributed by atoms with E-state index in [4.69, 9.17) is 9.84 Å². The number of methoxy groups -OCH3 is 1. The minimum Gasteiger partial charge on any atom is -0.494 e. The van der Waals surface area contributed by atoms with E-state index in [1.165, 1.54) is 13.2 Å². The largest absolute Gasteiger partial charge is 0.494 e. The molecule has 0 radical (unpaired) electrons. The number of aliphatic hydroxyl groups excluding tert-OH is 1. The topological polar surface area (TPSA) is 32.7 Å². The third kappa shape index (κ3) is 4.48. The van der Waals surface area contributed by atoms with Crippen molar-refractivity contribution in [1.29, 1.82) is 0 Å². The van der Waals surface area contributed by atoms with Gasteiger partial charge < -0.3 is 14.7 Å². The predicted octanol–water partition coefficient (Wildman–Crippen LogP) is 2.47. The van der Waals surface area contributed by atoms with Gasteiger partial charge in [-0.05, 0) is 51.4 Å². The standard InChI is InChI=1S/C15H24FNO2/c1-15(2,8-10-18)17(3)9-7-12-5-6-14(19-4)13(16)11-12/h5-6,11,18H,7-10H2,1-4H3. The average molecular weight is 269 g/mol. The monoisotopic (exact) mass is 269 g/mol. The Labute approximate surface area is 115 Å². The highest BCUT2D eigenvalue weighted by molar-refractivity contribution is 5.29. The molecular weight excluding hydrogens is 245 g/mol. The van der Waals surface area contributed by atoms with Crippen molar-refractivity contribution in [3.05, 3.63) is 29.6 Å². The van der Waals surface area contributed by atoms with Crippen molar-refractivity contribution in [2.24, 2.45) is 0 Å². The number of nitrogens with zero attached hydrogens (tertiary/aromatic N) is 1. The second-order valence-corrected chi connectivity index (χ2v) is 5.43. The molecule has 0 amide bonds. The summed E-state index contributed by atoms with van der Waals surface area (Å²) in [7, 11) is 3.48. The van der Waals surface area contributed by atoms with Gasteiger partial charge in [-0.25, -0.2) is 4.39 Å². The molecule has 0 unspecified atom stereocenters. The zero-order valence-electron chi connectivity index (χ0n) is 12.2. The van der Waals surface area contributed by atoms with Crippen LogP contribution >= 0.6 is 0 Å². The SMILES string of the molecule is COc1ccc(CCN(C)C(C)(C)CCO)cc1F. The average Bonchev–Trinajstić information content (AvgIpc) is 2.36. The highest BCUT2D eigenvalue weighted by Gasteiger charge is 2.22. The minimum absolute atomic E-state index is 0.0558. The summed E-state index contributed by atoms with van der Waals surface area (Å²) < 4.78 is 18.5. The van der Waals surface area contributed by atoms with Crippen LogP contribution in [-0.4, -0.2) is 42.9 Å². The molecule has 0 bridgehead atoms. The number of likely N-dealkylation sites (N-methyl/N-ethyl adjacent to an activating group) is 1. The number of ether oxygens (including phenoxy) is 1. The molecule has 0 saturated carbocycles. The molecule has 0 aliphatic rings. The molecule has 1 aromatic rings. The van der Waals surface area contributed by atoms with Gasteiger partial charge in [0.1, 0.15) is 0 Å². The maximum absolute atomic E-state index is 13.6. The Bertz CT molecular complexity index is 407. The fourth-order valence-electron chi connectivity index (χ4n) is 1.93. The lowest BCUT2D eigenvalue weighted by Crippen LogP contribution is -2.42. The zero-order valence-corrected chi connectivity index (χ0v) is 12.2. The van der Waals surface area contributed by atoms with Crippen LogP contribution in [-0.2, 0) is 6.42 Å². The first kappa shape index (κ1) is 15.9. The van der Waals surface area contributed by atoms with Gasteiger partial charge in [-0.1, -0.05) is 6.07 Å². The molecule has 19 heavy (non-hydrogen) atoms. The van der Waals surface area contributed by atoms with Crippen LogP contribution in [0.2, 0.25) is 0 Å². The number of hydrogen-bond donors (Lipinski definition) is 1. The summed E-state index contributed by atoms with van der Waals surface area (Å²) in [6, 6.07) is 5.06. The van der Waals surface area contributed by atoms with E-state index >= 15 is 0 Å². The molecule has 0 aliphatic carbocycles. The Balaban J connectivity index is 2.59. The molecule has 0 spiro atoms. The molecule has 0 saturated heterocycles. The maximum atomic E-state index is 13.6. The zero-order chi connectivity index (χ0) is 14.5. The van der Waals surface area contributed by atoms with Crippen LogP contribution in [0, 0.1) is 5.82 Å². The molecule has 0 heterocycles. The number of hydrogen-bond acceptors (Lipinski definition) is 3. The Kier molecular flexibility index (Phi) is 5.76. The van der Waals surface area contributed by atoms with Crippen LogP contribution in [0.1, 0.15) is 25.8 Å². The van der Waals surface area contributed by atoms with Gasteiger partial charge in [0.2, 0.25) is 0 Å². The summed E-state index contributed by atoms with van der Waals surface area (Å²) >= 11 is 0. The van der Waals surface area contributed by atoms with E-state index in [-0.39, 0.29) is 23.7 Å². The molecule has 1 rings (SSSR count). The van der Waals surface area contributed by atoms with Gasteiger partial charge in [0.15, 0.2) is 11.6 Å². The van der Waals surface area contributed by atoms with E-state index in [0.717, 1.165) is 24.9 Å². The quantitative estimate of drug-likeness (QED) is 0.825. The minimum atomic E-state index is -0.322. The van der Waals surface area contributed by atoms with E-state index in [2.05, 4.69) is 18.7 Å². The molecule has 0 aromatic heterocycles. The van der Waals surface area contributed by atoms with Crippen LogP contribution in [0.15, 0.2) is 18.2 Å². The van der Waals surface area contributed by atoms with E-state index in [9.17, 15) is 4.39 Å². The molecule has 1 aromatic carbocycles. The summed E-state index contributed by atoms with van der Waals surface area (Å²) in [6.45, 7) is 5.18. The second kappa shape index (κ2) is 6.87. The number of aliphatic hydroxyl groups is 1. The fourth-order valence-corrected chi connectivity index (χ4v) is 1.93. The summed E-state index contributed by atoms with van der Waals surface area (Å²) in [5.74, 6) is -0.0463. The molecule has 4 heteroatoms. The first-order chi connectivity index (χ1) is 8.90. The fraction of sp³-hybridized carbons (Fsp3) is 0.600. The lowest BCUT2D eigenvalue weighted by molar-refractivity contribution is 0.117. The van der Waals surface area contributed by atoms with E-state index < -0.39 is 0 Å². The predicted molar refractivity (Wildman–Crippen MR) is 75.1 cm³/mol. The van der Waals surface area contributed by atoms with E-state index in [1.807, 2.05) is 13.1 Å². The Hall–Kier alpha value is -1.13. The number of halogens is 1. The van der Waals surface area contributed by atoms with Gasteiger partial charge in [0, 0.05) is 18.7 Å². The third-order valence-corrected chi connectivity index (χ3v) is 3.71. The van der Waals surface area contributed by atoms with Crippen LogP contribution in [0.5, 0.6) is 5.75 Å². The normalized spacial score (nSPS) is 11.9. The van der Waals surface area contributed by atoms with Crippen molar-refractivity contribution in [2.45, 2.75) is 32.2 Å². The van der Waals surface area contributed by atoms with Gasteiger partial charge in [0.25, 0.3) is 0 Å². The van der Waals surface area contributed by atoms with Crippen LogP contribution in [0.4, 0.5) is 4.39 Å². The van der Waals surface area contributed by atoms with E-state index in [0.29, 0.717) is 0 Å². The Morgan fingerprint density at radius 3 is 2.58 bits per heavy atom. The molecular formula is C15H24FNO2. The van der Waals surface area contributed by atoms with Crippen molar-refractivity contribution in [3.8, 4) is 5.75 Å². The molecule has 1 N–H and O–H groups in total. The summed E-state index contributed by atoms with van der Waals surface area (Å²) in [6.07, 6.45) is 1.49. The second-order valence-electron chi connectivity index (χ2n) is 5.43. The molecule has 3 nitrogen and oxygen atoms in total. The number of rotatable bonds is 7. The van der Waals surface area contributed by atoms with E-state index in [1.54, 1.807) is 6.07 Å². The smallest absolute Gasteiger partial charge is 0.165 e. The first-order valence-corrected chi connectivity index (χ1v) is 6.55. The maximum Gasteiger partial charge on any atom is 0.165 e. The lowest BCUT2D eigenvalue weighted by Gasteiger charge is -2.35. The summed E-state index contributed by atoms with van der Waals surface area (Å²) in [5, 5.41) is 9.04. The summed E-state index contributed by atoms with van der Waals surface area (Å²) in [4.78, 5) is 2.19. The van der Waals surface area contributed by atoms with Gasteiger partial charge >= 0.3 is 0 Å².